The van der Waals surface area contributed by atoms with Crippen LogP contribution in [0, 0.1) is 6.92 Å². The number of hydrogen-bond donors (Lipinski definition) is 1. The molecule has 33 heavy (non-hydrogen) atoms. The molecule has 0 unspecified atom stereocenters. The predicted molar refractivity (Wildman–Crippen MR) is 138 cm³/mol. The van der Waals surface area contributed by atoms with Gasteiger partial charge in [0.15, 0.2) is 0 Å². The minimum Gasteiger partial charge on any atom is -0.366 e. The van der Waals surface area contributed by atoms with E-state index in [4.69, 9.17) is 17.3 Å². The number of benzene rings is 3. The summed E-state index contributed by atoms with van der Waals surface area (Å²) in [5, 5.41) is 0.683. The van der Waals surface area contributed by atoms with Gasteiger partial charge in [0.1, 0.15) is 0 Å². The summed E-state index contributed by atoms with van der Waals surface area (Å²) in [4.78, 5) is 14.7. The molecule has 0 bridgehead atoms. The molecule has 0 aromatic heterocycles. The topological polar surface area (TPSA) is 46.3 Å². The van der Waals surface area contributed by atoms with Crippen molar-refractivity contribution >= 4 is 23.1 Å². The van der Waals surface area contributed by atoms with Gasteiger partial charge in [0.2, 0.25) is 5.91 Å². The Morgan fingerprint density at radius 1 is 1.03 bits per heavy atom. The van der Waals surface area contributed by atoms with E-state index < -0.39 is 5.91 Å². The second-order valence-corrected chi connectivity index (χ2v) is 8.91. The highest BCUT2D eigenvalue weighted by atomic mass is 35.5. The van der Waals surface area contributed by atoms with E-state index in [1.807, 2.05) is 37.3 Å². The highest BCUT2D eigenvalue weighted by molar-refractivity contribution is 6.30. The molecule has 1 heterocycles. The maximum absolute atomic E-state index is 12.3. The first-order valence-corrected chi connectivity index (χ1v) is 11.7. The fraction of sp³-hybridized carbons (Fsp3) is 0.207. The minimum atomic E-state index is -0.410. The highest BCUT2D eigenvalue weighted by Gasteiger charge is 2.20. The average molecular weight is 457 g/mol. The summed E-state index contributed by atoms with van der Waals surface area (Å²) < 4.78 is 0. The first-order valence-electron chi connectivity index (χ1n) is 11.3. The van der Waals surface area contributed by atoms with Crippen molar-refractivity contribution in [1.82, 2.24) is 4.90 Å². The minimum absolute atomic E-state index is 0.410. The normalized spacial score (nSPS) is 14.8. The molecule has 2 N–H and O–H groups in total. The molecule has 0 radical (unpaired) electrons. The molecule has 3 nitrogen and oxygen atoms in total. The van der Waals surface area contributed by atoms with Crippen LogP contribution in [0.1, 0.15) is 40.4 Å². The fourth-order valence-electron chi connectivity index (χ4n) is 4.51. The molecule has 4 heteroatoms. The molecule has 0 saturated carbocycles. The molecule has 4 rings (SSSR count). The smallest absolute Gasteiger partial charge is 0.249 e. The number of nitrogens with zero attached hydrogens (tertiary/aromatic N) is 1. The van der Waals surface area contributed by atoms with Gasteiger partial charge in [-0.1, -0.05) is 66.2 Å². The number of carbonyl (C=O) groups excluding carboxylic acids is 1. The molecule has 3 aromatic carbocycles. The summed E-state index contributed by atoms with van der Waals surface area (Å²) >= 11 is 6.08. The van der Waals surface area contributed by atoms with Crippen LogP contribution in [0.15, 0.2) is 84.5 Å². The third-order valence-corrected chi connectivity index (χ3v) is 6.57. The van der Waals surface area contributed by atoms with Crippen LogP contribution in [0.5, 0.6) is 0 Å². The lowest BCUT2D eigenvalue weighted by Gasteiger charge is -2.28. The van der Waals surface area contributed by atoms with Crippen molar-refractivity contribution in [3.05, 3.63) is 112 Å². The fourth-order valence-corrected chi connectivity index (χ4v) is 4.64. The van der Waals surface area contributed by atoms with E-state index in [2.05, 4.69) is 60.4 Å². The summed E-state index contributed by atoms with van der Waals surface area (Å²) in [5.41, 5.74) is 14.1. The van der Waals surface area contributed by atoms with Gasteiger partial charge in [-0.2, -0.15) is 0 Å². The van der Waals surface area contributed by atoms with Crippen LogP contribution in [-0.2, 0) is 6.54 Å². The predicted octanol–water partition coefficient (Wildman–Crippen LogP) is 6.65. The highest BCUT2D eigenvalue weighted by Crippen LogP contribution is 2.35. The van der Waals surface area contributed by atoms with Crippen molar-refractivity contribution in [2.75, 3.05) is 13.1 Å². The van der Waals surface area contributed by atoms with Gasteiger partial charge in [0.05, 0.1) is 0 Å². The molecule has 0 spiro atoms. The first kappa shape index (κ1) is 23.0. The Morgan fingerprint density at radius 3 is 2.33 bits per heavy atom. The van der Waals surface area contributed by atoms with Crippen LogP contribution < -0.4 is 5.73 Å². The number of allylic oxidation sites excluding steroid dienone is 2. The van der Waals surface area contributed by atoms with Crippen molar-refractivity contribution in [2.24, 2.45) is 5.73 Å². The average Bonchev–Trinajstić information content (AvgIpc) is 2.82. The molecule has 1 amide bonds. The van der Waals surface area contributed by atoms with E-state index >= 15 is 0 Å². The van der Waals surface area contributed by atoms with Crippen molar-refractivity contribution in [1.29, 1.82) is 0 Å². The van der Waals surface area contributed by atoms with E-state index in [0.29, 0.717) is 10.6 Å². The quantitative estimate of drug-likeness (QED) is 0.451. The zero-order valence-electron chi connectivity index (χ0n) is 19.1. The molecule has 0 fully saturated rings. The van der Waals surface area contributed by atoms with E-state index in [0.717, 1.165) is 48.3 Å². The number of halogens is 1. The number of hydrogen-bond acceptors (Lipinski definition) is 2. The molecule has 1 aliphatic rings. The zero-order chi connectivity index (χ0) is 23.4. The van der Waals surface area contributed by atoms with E-state index in [-0.39, 0.29) is 0 Å². The molecular weight excluding hydrogens is 428 g/mol. The van der Waals surface area contributed by atoms with Crippen molar-refractivity contribution in [3.63, 3.8) is 0 Å². The number of carbonyl (C=O) groups is 1. The summed E-state index contributed by atoms with van der Waals surface area (Å²) in [6.45, 7) is 6.89. The van der Waals surface area contributed by atoms with Crippen LogP contribution in [0.25, 0.3) is 16.7 Å². The summed E-state index contributed by atoms with van der Waals surface area (Å²) in [6, 6.07) is 22.3. The Bertz CT molecular complexity index is 1210. The monoisotopic (exact) mass is 456 g/mol. The summed E-state index contributed by atoms with van der Waals surface area (Å²) in [5.74, 6) is -0.410. The second-order valence-electron chi connectivity index (χ2n) is 8.47. The van der Waals surface area contributed by atoms with Gasteiger partial charge in [-0.15, -0.1) is 0 Å². The summed E-state index contributed by atoms with van der Waals surface area (Å²) in [6.07, 6.45) is 5.43. The SMILES string of the molecule is C/C=C(/C1=CCN(Cc2ccccc2)CC1)c1cc(-c2ccc(Cl)cc2)cc(C(N)=O)c1C. The lowest BCUT2D eigenvalue weighted by atomic mass is 9.86. The zero-order valence-corrected chi connectivity index (χ0v) is 19.9. The molecule has 168 valence electrons. The van der Waals surface area contributed by atoms with E-state index in [9.17, 15) is 4.79 Å². The molecule has 0 aliphatic carbocycles. The van der Waals surface area contributed by atoms with Gasteiger partial charge in [0, 0.05) is 30.2 Å². The standard InChI is InChI=1S/C29H29ClN2O/c1-3-26(23-13-15-32(16-14-23)19-21-7-5-4-6-8-21)27-17-24(18-28(20(27)2)29(31)33)22-9-11-25(30)12-10-22/h3-13,17-18H,14-16,19H2,1-2H3,(H2,31,33)/b26-3-. The maximum Gasteiger partial charge on any atom is 0.249 e. The van der Waals surface area contributed by atoms with Crippen LogP contribution in [0.2, 0.25) is 5.02 Å². The Labute approximate surface area is 201 Å². The lowest BCUT2D eigenvalue weighted by Crippen LogP contribution is -2.28. The Morgan fingerprint density at radius 2 is 1.73 bits per heavy atom. The van der Waals surface area contributed by atoms with Gasteiger partial charge in [-0.25, -0.2) is 0 Å². The molecule has 0 saturated heterocycles. The molecule has 3 aromatic rings. The number of rotatable bonds is 6. The largest absolute Gasteiger partial charge is 0.366 e. The molecule has 1 aliphatic heterocycles. The van der Waals surface area contributed by atoms with Crippen LogP contribution in [-0.4, -0.2) is 23.9 Å². The lowest BCUT2D eigenvalue weighted by molar-refractivity contribution is 0.0999. The van der Waals surface area contributed by atoms with Gasteiger partial charge in [0.25, 0.3) is 0 Å². The van der Waals surface area contributed by atoms with Crippen LogP contribution >= 0.6 is 11.6 Å². The van der Waals surface area contributed by atoms with Gasteiger partial charge < -0.3 is 5.73 Å². The number of amides is 1. The third-order valence-electron chi connectivity index (χ3n) is 6.32. The first-order chi connectivity index (χ1) is 16.0. The maximum atomic E-state index is 12.3. The van der Waals surface area contributed by atoms with Gasteiger partial charge >= 0.3 is 0 Å². The Hall–Kier alpha value is -3.14. The van der Waals surface area contributed by atoms with Gasteiger partial charge in [-0.3, -0.25) is 9.69 Å². The Balaban J connectivity index is 1.66. The van der Waals surface area contributed by atoms with E-state index in [1.54, 1.807) is 0 Å². The molecular formula is C29H29ClN2O. The van der Waals surface area contributed by atoms with Crippen LogP contribution in [0.4, 0.5) is 0 Å². The van der Waals surface area contributed by atoms with Crippen molar-refractivity contribution in [2.45, 2.75) is 26.8 Å². The van der Waals surface area contributed by atoms with Crippen molar-refractivity contribution in [3.8, 4) is 11.1 Å². The van der Waals surface area contributed by atoms with Crippen molar-refractivity contribution < 1.29 is 4.79 Å². The van der Waals surface area contributed by atoms with E-state index in [1.165, 1.54) is 16.7 Å². The summed E-state index contributed by atoms with van der Waals surface area (Å²) in [7, 11) is 0. The molecule has 0 atom stereocenters. The second kappa shape index (κ2) is 10.2. The third kappa shape index (κ3) is 5.27. The Kier molecular flexibility index (Phi) is 7.12. The number of nitrogens with two attached hydrogens (primary N) is 1. The number of primary amides is 1. The van der Waals surface area contributed by atoms with Crippen LogP contribution in [0.3, 0.4) is 0 Å². The van der Waals surface area contributed by atoms with Gasteiger partial charge in [-0.05, 0) is 83.5 Å².